The monoisotopic (exact) mass is 614 g/mol. The number of oxazole rings is 1. The van der Waals surface area contributed by atoms with Gasteiger partial charge < -0.3 is 9.32 Å². The van der Waals surface area contributed by atoms with Gasteiger partial charge in [-0.25, -0.2) is 4.98 Å². The lowest BCUT2D eigenvalue weighted by atomic mass is 9.97. The number of fused-ring (bicyclic) bond motifs is 4. The molecule has 9 aromatic rings. The molecule has 0 aliphatic heterocycles. The van der Waals surface area contributed by atoms with E-state index < -0.39 is 0 Å². The molecule has 3 nitrogen and oxygen atoms in total. The van der Waals surface area contributed by atoms with Gasteiger partial charge >= 0.3 is 0 Å². The summed E-state index contributed by atoms with van der Waals surface area (Å²) >= 11 is 0. The zero-order valence-corrected chi connectivity index (χ0v) is 26.1. The van der Waals surface area contributed by atoms with Gasteiger partial charge in [-0.1, -0.05) is 121 Å². The molecule has 48 heavy (non-hydrogen) atoms. The van der Waals surface area contributed by atoms with Crippen LogP contribution in [0.2, 0.25) is 0 Å². The first-order chi connectivity index (χ1) is 23.8. The first-order valence-corrected chi connectivity index (χ1v) is 16.2. The minimum absolute atomic E-state index is 0.638. The summed E-state index contributed by atoms with van der Waals surface area (Å²) in [5, 5.41) is 4.74. The number of hydrogen-bond donors (Lipinski definition) is 0. The van der Waals surface area contributed by atoms with Crippen LogP contribution in [-0.4, -0.2) is 4.98 Å². The molecule has 0 radical (unpaired) electrons. The van der Waals surface area contributed by atoms with E-state index in [1.165, 1.54) is 21.9 Å². The van der Waals surface area contributed by atoms with Crippen molar-refractivity contribution in [2.75, 3.05) is 4.90 Å². The molecule has 0 N–H and O–H groups in total. The molecule has 0 bridgehead atoms. The number of hydrogen-bond acceptors (Lipinski definition) is 3. The maximum Gasteiger partial charge on any atom is 0.227 e. The van der Waals surface area contributed by atoms with E-state index in [2.05, 4.69) is 150 Å². The summed E-state index contributed by atoms with van der Waals surface area (Å²) in [5.41, 5.74) is 10.7. The average Bonchev–Trinajstić information content (AvgIpc) is 3.61. The van der Waals surface area contributed by atoms with Crippen molar-refractivity contribution in [3.05, 3.63) is 182 Å². The van der Waals surface area contributed by atoms with Gasteiger partial charge in [-0.3, -0.25) is 0 Å². The lowest BCUT2D eigenvalue weighted by Crippen LogP contribution is -2.09. The largest absolute Gasteiger partial charge is 0.436 e. The van der Waals surface area contributed by atoms with Crippen molar-refractivity contribution in [2.45, 2.75) is 0 Å². The van der Waals surface area contributed by atoms with Crippen molar-refractivity contribution in [3.63, 3.8) is 0 Å². The summed E-state index contributed by atoms with van der Waals surface area (Å²) in [4.78, 5) is 7.23. The fraction of sp³-hybridized carbons (Fsp3) is 0. The highest BCUT2D eigenvalue weighted by atomic mass is 16.3. The molecule has 0 spiro atoms. The topological polar surface area (TPSA) is 29.3 Å². The Morgan fingerprint density at radius 1 is 0.375 bits per heavy atom. The zero-order valence-electron chi connectivity index (χ0n) is 26.1. The molecule has 1 aromatic heterocycles. The molecular weight excluding hydrogens is 585 g/mol. The summed E-state index contributed by atoms with van der Waals surface area (Å²) < 4.78 is 6.17. The number of anilines is 3. The van der Waals surface area contributed by atoms with Crippen LogP contribution in [0, 0.1) is 0 Å². The predicted octanol–water partition coefficient (Wildman–Crippen LogP) is 12.6. The first kappa shape index (κ1) is 27.8. The Morgan fingerprint density at radius 3 is 1.62 bits per heavy atom. The lowest BCUT2D eigenvalue weighted by Gasteiger charge is -2.26. The molecule has 1 heterocycles. The number of rotatable bonds is 6. The maximum absolute atomic E-state index is 6.17. The normalized spacial score (nSPS) is 11.3. The van der Waals surface area contributed by atoms with Crippen LogP contribution in [0.1, 0.15) is 0 Å². The van der Waals surface area contributed by atoms with E-state index in [1.807, 2.05) is 36.4 Å². The van der Waals surface area contributed by atoms with Crippen LogP contribution in [0.3, 0.4) is 0 Å². The van der Waals surface area contributed by atoms with Crippen LogP contribution in [0.15, 0.2) is 186 Å². The lowest BCUT2D eigenvalue weighted by molar-refractivity contribution is 0.620. The van der Waals surface area contributed by atoms with Crippen molar-refractivity contribution >= 4 is 49.7 Å². The SMILES string of the molecule is c1ccc(-c2nc3c(ccc4c(-c5ccc(N(c6ccccc6)c6ccc(-c7cccc8ccccc78)cc6)cc5)cccc43)o2)cc1. The second kappa shape index (κ2) is 11.7. The molecule has 226 valence electrons. The van der Waals surface area contributed by atoms with Gasteiger partial charge in [0.1, 0.15) is 5.52 Å². The highest BCUT2D eigenvalue weighted by Crippen LogP contribution is 2.39. The van der Waals surface area contributed by atoms with Crippen LogP contribution in [-0.2, 0) is 0 Å². The molecule has 0 saturated heterocycles. The van der Waals surface area contributed by atoms with E-state index in [9.17, 15) is 0 Å². The van der Waals surface area contributed by atoms with Crippen molar-refractivity contribution in [1.29, 1.82) is 0 Å². The minimum atomic E-state index is 0.638. The summed E-state index contributed by atoms with van der Waals surface area (Å²) in [5.74, 6) is 0.638. The van der Waals surface area contributed by atoms with Gasteiger partial charge in [-0.05, 0) is 99.1 Å². The third kappa shape index (κ3) is 4.90. The van der Waals surface area contributed by atoms with Crippen LogP contribution in [0.4, 0.5) is 17.1 Å². The highest BCUT2D eigenvalue weighted by Gasteiger charge is 2.16. The summed E-state index contributed by atoms with van der Waals surface area (Å²) in [6.07, 6.45) is 0. The molecule has 0 fully saturated rings. The van der Waals surface area contributed by atoms with Gasteiger partial charge in [0.25, 0.3) is 0 Å². The fourth-order valence-electron chi connectivity index (χ4n) is 6.79. The van der Waals surface area contributed by atoms with Crippen LogP contribution in [0.25, 0.3) is 66.4 Å². The number of benzene rings is 8. The first-order valence-electron chi connectivity index (χ1n) is 16.2. The fourth-order valence-corrected chi connectivity index (χ4v) is 6.79. The Kier molecular flexibility index (Phi) is 6.80. The number of aromatic nitrogens is 1. The summed E-state index contributed by atoms with van der Waals surface area (Å²) in [6, 6.07) is 64.0. The third-order valence-corrected chi connectivity index (χ3v) is 9.11. The second-order valence-corrected chi connectivity index (χ2v) is 12.0. The number of nitrogens with zero attached hydrogens (tertiary/aromatic N) is 2. The number of para-hydroxylation sites is 1. The molecule has 0 atom stereocenters. The van der Waals surface area contributed by atoms with Gasteiger partial charge in [0.15, 0.2) is 5.58 Å². The van der Waals surface area contributed by atoms with Gasteiger partial charge in [0.2, 0.25) is 5.89 Å². The molecular formula is C45H30N2O. The summed E-state index contributed by atoms with van der Waals surface area (Å²) in [6.45, 7) is 0. The minimum Gasteiger partial charge on any atom is -0.436 e. The van der Waals surface area contributed by atoms with Crippen molar-refractivity contribution in [3.8, 4) is 33.7 Å². The smallest absolute Gasteiger partial charge is 0.227 e. The predicted molar refractivity (Wildman–Crippen MR) is 200 cm³/mol. The summed E-state index contributed by atoms with van der Waals surface area (Å²) in [7, 11) is 0. The van der Waals surface area contributed by atoms with E-state index in [0.717, 1.165) is 55.6 Å². The quantitative estimate of drug-likeness (QED) is 0.187. The second-order valence-electron chi connectivity index (χ2n) is 12.0. The molecule has 8 aromatic carbocycles. The molecule has 9 rings (SSSR count). The molecule has 0 amide bonds. The Balaban J connectivity index is 1.09. The van der Waals surface area contributed by atoms with Crippen molar-refractivity contribution in [2.24, 2.45) is 0 Å². The molecule has 3 heteroatoms. The van der Waals surface area contributed by atoms with E-state index in [4.69, 9.17) is 9.40 Å². The van der Waals surface area contributed by atoms with Crippen LogP contribution in [0.5, 0.6) is 0 Å². The van der Waals surface area contributed by atoms with Crippen molar-refractivity contribution < 1.29 is 4.42 Å². The highest BCUT2D eigenvalue weighted by molar-refractivity contribution is 6.09. The van der Waals surface area contributed by atoms with E-state index in [1.54, 1.807) is 0 Å². The molecule has 0 saturated carbocycles. The maximum atomic E-state index is 6.17. The molecule has 0 aliphatic carbocycles. The molecule has 0 unspecified atom stereocenters. The van der Waals surface area contributed by atoms with E-state index >= 15 is 0 Å². The van der Waals surface area contributed by atoms with Gasteiger partial charge in [-0.2, -0.15) is 0 Å². The van der Waals surface area contributed by atoms with Gasteiger partial charge in [0, 0.05) is 28.0 Å². The Bertz CT molecular complexity index is 2530. The van der Waals surface area contributed by atoms with Gasteiger partial charge in [0.05, 0.1) is 0 Å². The van der Waals surface area contributed by atoms with Gasteiger partial charge in [-0.15, -0.1) is 0 Å². The van der Waals surface area contributed by atoms with Crippen LogP contribution >= 0.6 is 0 Å². The Hall–Kier alpha value is -6.45. The van der Waals surface area contributed by atoms with Crippen molar-refractivity contribution in [1.82, 2.24) is 4.98 Å². The third-order valence-electron chi connectivity index (χ3n) is 9.11. The van der Waals surface area contributed by atoms with E-state index in [0.29, 0.717) is 5.89 Å². The molecule has 0 aliphatic rings. The van der Waals surface area contributed by atoms with E-state index in [-0.39, 0.29) is 0 Å². The Labute approximate surface area is 279 Å². The zero-order chi connectivity index (χ0) is 31.9. The standard InChI is InChI=1S/C45H30N2O/c1-3-12-34(13-4-1)45-46-44-42-20-10-19-40(41(42)29-30-43(44)48-45)33-23-27-37(28-24-33)47(35-15-5-2-6-16-35)36-25-21-32(22-26-36)39-18-9-14-31-11-7-8-17-38(31)39/h1-30H. The average molecular weight is 615 g/mol. The Morgan fingerprint density at radius 2 is 0.917 bits per heavy atom. The van der Waals surface area contributed by atoms with Crippen LogP contribution < -0.4 is 4.90 Å².